The minimum absolute atomic E-state index is 0.0517. The van der Waals surface area contributed by atoms with Gasteiger partial charge in [0.25, 0.3) is 0 Å². The van der Waals surface area contributed by atoms with E-state index in [0.29, 0.717) is 16.6 Å². The van der Waals surface area contributed by atoms with E-state index in [1.165, 1.54) is 0 Å². The molecule has 1 atom stereocenters. The van der Waals surface area contributed by atoms with E-state index in [0.717, 1.165) is 11.3 Å². The molecule has 2 N–H and O–H groups in total. The first-order chi connectivity index (χ1) is 10.1. The van der Waals surface area contributed by atoms with Crippen molar-refractivity contribution in [2.24, 2.45) is 0 Å². The summed E-state index contributed by atoms with van der Waals surface area (Å²) in [5, 5.41) is 7.06. The van der Waals surface area contributed by atoms with Crippen LogP contribution in [0.1, 0.15) is 24.3 Å². The summed E-state index contributed by atoms with van der Waals surface area (Å²) in [6.07, 6.45) is 1.57. The molecule has 0 radical (unpaired) electrons. The van der Waals surface area contributed by atoms with Gasteiger partial charge in [0.05, 0.1) is 19.4 Å². The first-order valence-corrected chi connectivity index (χ1v) is 7.29. The lowest BCUT2D eigenvalue weighted by Gasteiger charge is -2.15. The maximum absolute atomic E-state index is 11.7. The van der Waals surface area contributed by atoms with Crippen molar-refractivity contribution < 1.29 is 9.21 Å². The molecule has 1 aromatic heterocycles. The maximum atomic E-state index is 11.7. The summed E-state index contributed by atoms with van der Waals surface area (Å²) in [6, 6.07) is 8.85. The highest BCUT2D eigenvalue weighted by Crippen LogP contribution is 2.25. The van der Waals surface area contributed by atoms with Gasteiger partial charge in [-0.1, -0.05) is 29.3 Å². The van der Waals surface area contributed by atoms with Gasteiger partial charge in [-0.25, -0.2) is 0 Å². The number of hydrogen-bond donors (Lipinski definition) is 2. The zero-order chi connectivity index (χ0) is 15.2. The lowest BCUT2D eigenvalue weighted by Crippen LogP contribution is -2.34. The molecule has 21 heavy (non-hydrogen) atoms. The molecule has 2 rings (SSSR count). The topological polar surface area (TPSA) is 54.3 Å². The second-order valence-electron chi connectivity index (χ2n) is 4.62. The van der Waals surface area contributed by atoms with E-state index in [1.54, 1.807) is 24.5 Å². The highest BCUT2D eigenvalue weighted by molar-refractivity contribution is 6.35. The zero-order valence-electron chi connectivity index (χ0n) is 11.5. The number of hydrogen-bond acceptors (Lipinski definition) is 3. The molecule has 0 bridgehead atoms. The predicted molar refractivity (Wildman–Crippen MR) is 83.4 cm³/mol. The molecule has 1 amide bonds. The number of amides is 1. The zero-order valence-corrected chi connectivity index (χ0v) is 13.0. The van der Waals surface area contributed by atoms with Crippen LogP contribution < -0.4 is 10.6 Å². The first kappa shape index (κ1) is 15.9. The van der Waals surface area contributed by atoms with Gasteiger partial charge in [-0.05, 0) is 36.8 Å². The standard InChI is InChI=1S/C15H16Cl2N2O2/c1-10(13-5-4-11(16)7-14(13)17)18-9-15(20)19-8-12-3-2-6-21-12/h2-7,10,18H,8-9H2,1H3,(H,19,20)/t10-/m0/s1. The van der Waals surface area contributed by atoms with Crippen molar-refractivity contribution >= 4 is 29.1 Å². The van der Waals surface area contributed by atoms with Crippen LogP contribution in [-0.4, -0.2) is 12.5 Å². The fourth-order valence-corrected chi connectivity index (χ4v) is 2.44. The average Bonchev–Trinajstić information content (AvgIpc) is 2.95. The molecule has 0 saturated heterocycles. The molecule has 0 saturated carbocycles. The Labute approximate surface area is 133 Å². The second kappa shape index (κ2) is 7.50. The third kappa shape index (κ3) is 4.77. The Balaban J connectivity index is 1.80. The van der Waals surface area contributed by atoms with Crippen LogP contribution in [0.4, 0.5) is 0 Å². The second-order valence-corrected chi connectivity index (χ2v) is 5.47. The van der Waals surface area contributed by atoms with Crippen LogP contribution in [0, 0.1) is 0 Å². The van der Waals surface area contributed by atoms with Gasteiger partial charge in [-0.15, -0.1) is 0 Å². The number of benzene rings is 1. The number of carbonyl (C=O) groups is 1. The van der Waals surface area contributed by atoms with Crippen LogP contribution in [0.15, 0.2) is 41.0 Å². The summed E-state index contributed by atoms with van der Waals surface area (Å²) in [5.41, 5.74) is 0.903. The lowest BCUT2D eigenvalue weighted by molar-refractivity contribution is -0.120. The van der Waals surface area contributed by atoms with Gasteiger partial charge >= 0.3 is 0 Å². The molecular weight excluding hydrogens is 311 g/mol. The monoisotopic (exact) mass is 326 g/mol. The van der Waals surface area contributed by atoms with Crippen LogP contribution in [-0.2, 0) is 11.3 Å². The van der Waals surface area contributed by atoms with E-state index in [9.17, 15) is 4.79 Å². The molecule has 112 valence electrons. The Bertz CT molecular complexity index is 600. The molecule has 0 spiro atoms. The molecule has 6 heteroatoms. The summed E-state index contributed by atoms with van der Waals surface area (Å²) in [4.78, 5) is 11.7. The van der Waals surface area contributed by atoms with Gasteiger partial charge in [0, 0.05) is 16.1 Å². The Hall–Kier alpha value is -1.49. The molecule has 0 aliphatic rings. The number of furan rings is 1. The van der Waals surface area contributed by atoms with E-state index in [2.05, 4.69) is 10.6 Å². The highest BCUT2D eigenvalue weighted by atomic mass is 35.5. The quantitative estimate of drug-likeness (QED) is 0.853. The van der Waals surface area contributed by atoms with Crippen molar-refractivity contribution in [3.63, 3.8) is 0 Å². The predicted octanol–water partition coefficient (Wildman–Crippen LogP) is 3.55. The Morgan fingerprint density at radius 2 is 2.14 bits per heavy atom. The van der Waals surface area contributed by atoms with Crippen LogP contribution in [0.5, 0.6) is 0 Å². The molecule has 4 nitrogen and oxygen atoms in total. The van der Waals surface area contributed by atoms with Crippen LogP contribution in [0.3, 0.4) is 0 Å². The van der Waals surface area contributed by atoms with Gasteiger partial charge < -0.3 is 15.1 Å². The Morgan fingerprint density at radius 3 is 2.81 bits per heavy atom. The largest absolute Gasteiger partial charge is 0.467 e. The smallest absolute Gasteiger partial charge is 0.234 e. The van der Waals surface area contributed by atoms with Crippen LogP contribution >= 0.6 is 23.2 Å². The minimum atomic E-state index is -0.108. The highest BCUT2D eigenvalue weighted by Gasteiger charge is 2.11. The summed E-state index contributed by atoms with van der Waals surface area (Å²) >= 11 is 12.0. The van der Waals surface area contributed by atoms with E-state index in [-0.39, 0.29) is 18.5 Å². The number of rotatable bonds is 6. The number of halogens is 2. The molecule has 0 aliphatic heterocycles. The van der Waals surface area contributed by atoms with Gasteiger partial charge in [-0.2, -0.15) is 0 Å². The third-order valence-corrected chi connectivity index (χ3v) is 3.60. The molecular formula is C15H16Cl2N2O2. The van der Waals surface area contributed by atoms with Gasteiger partial charge in [-0.3, -0.25) is 4.79 Å². The molecule has 1 aromatic carbocycles. The van der Waals surface area contributed by atoms with E-state index in [4.69, 9.17) is 27.6 Å². The van der Waals surface area contributed by atoms with Gasteiger partial charge in [0.2, 0.25) is 5.91 Å². The minimum Gasteiger partial charge on any atom is -0.467 e. The van der Waals surface area contributed by atoms with Gasteiger partial charge in [0.15, 0.2) is 0 Å². The number of carbonyl (C=O) groups excluding carboxylic acids is 1. The van der Waals surface area contributed by atoms with E-state index >= 15 is 0 Å². The van der Waals surface area contributed by atoms with Crippen LogP contribution in [0.2, 0.25) is 10.0 Å². The Kier molecular flexibility index (Phi) is 5.67. The summed E-state index contributed by atoms with van der Waals surface area (Å²) in [5.74, 6) is 0.612. The fraction of sp³-hybridized carbons (Fsp3) is 0.267. The SMILES string of the molecule is C[C@H](NCC(=O)NCc1ccco1)c1ccc(Cl)cc1Cl. The summed E-state index contributed by atoms with van der Waals surface area (Å²) in [6.45, 7) is 2.51. The molecule has 0 unspecified atom stereocenters. The van der Waals surface area contributed by atoms with Crippen molar-refractivity contribution in [2.75, 3.05) is 6.54 Å². The first-order valence-electron chi connectivity index (χ1n) is 6.53. The van der Waals surface area contributed by atoms with Crippen LogP contribution in [0.25, 0.3) is 0 Å². The normalized spacial score (nSPS) is 12.1. The molecule has 2 aromatic rings. The average molecular weight is 327 g/mol. The van der Waals surface area contributed by atoms with Crippen molar-refractivity contribution in [3.05, 3.63) is 58.0 Å². The molecule has 0 aliphatic carbocycles. The summed E-state index contributed by atoms with van der Waals surface area (Å²) < 4.78 is 5.14. The van der Waals surface area contributed by atoms with Crippen molar-refractivity contribution in [3.8, 4) is 0 Å². The van der Waals surface area contributed by atoms with Gasteiger partial charge in [0.1, 0.15) is 5.76 Å². The Morgan fingerprint density at radius 1 is 1.33 bits per heavy atom. The lowest BCUT2D eigenvalue weighted by atomic mass is 10.1. The molecule has 1 heterocycles. The van der Waals surface area contributed by atoms with E-state index < -0.39 is 0 Å². The summed E-state index contributed by atoms with van der Waals surface area (Å²) in [7, 11) is 0. The molecule has 0 fully saturated rings. The fourth-order valence-electron chi connectivity index (χ4n) is 1.87. The van der Waals surface area contributed by atoms with Crippen molar-refractivity contribution in [2.45, 2.75) is 19.5 Å². The van der Waals surface area contributed by atoms with Crippen molar-refractivity contribution in [1.82, 2.24) is 10.6 Å². The van der Waals surface area contributed by atoms with E-state index in [1.807, 2.05) is 19.1 Å². The third-order valence-electron chi connectivity index (χ3n) is 3.04. The number of nitrogens with one attached hydrogen (secondary N) is 2. The maximum Gasteiger partial charge on any atom is 0.234 e. The van der Waals surface area contributed by atoms with Crippen molar-refractivity contribution in [1.29, 1.82) is 0 Å².